The molecule has 4 atom stereocenters. The van der Waals surface area contributed by atoms with Crippen LogP contribution in [-0.2, 0) is 16.0 Å². The van der Waals surface area contributed by atoms with Crippen molar-refractivity contribution in [3.8, 4) is 0 Å². The van der Waals surface area contributed by atoms with Gasteiger partial charge in [0, 0.05) is 0 Å². The van der Waals surface area contributed by atoms with Gasteiger partial charge in [-0.1, -0.05) is 68.2 Å². The van der Waals surface area contributed by atoms with E-state index in [2.05, 4.69) is 36.4 Å². The molecule has 0 spiro atoms. The standard InChI is InChI=1S/C22H28O2/c23-22(24-14-6-9-16-7-2-1-3-8-16)21-19-13-12-18(15-19)20(21)17-10-4-5-11-17/h1-3,7-8,12-13,17-21H,4-6,9-11,14-15H2/t18-,19+,20+,21+/m0/s1. The van der Waals surface area contributed by atoms with Crippen LogP contribution in [0.3, 0.4) is 0 Å². The molecule has 0 N–H and O–H groups in total. The van der Waals surface area contributed by atoms with Crippen LogP contribution in [0.25, 0.3) is 0 Å². The number of carbonyl (C=O) groups is 1. The van der Waals surface area contributed by atoms with Crippen LogP contribution in [0.5, 0.6) is 0 Å². The Morgan fingerprint density at radius 2 is 1.79 bits per heavy atom. The molecule has 0 aromatic heterocycles. The van der Waals surface area contributed by atoms with Crippen LogP contribution >= 0.6 is 0 Å². The highest BCUT2D eigenvalue weighted by Gasteiger charge is 2.51. The first-order valence-corrected chi connectivity index (χ1v) is 9.72. The van der Waals surface area contributed by atoms with Gasteiger partial charge in [-0.15, -0.1) is 0 Å². The molecule has 0 unspecified atom stereocenters. The molecule has 2 bridgehead atoms. The van der Waals surface area contributed by atoms with E-state index < -0.39 is 0 Å². The predicted octanol–water partition coefficient (Wildman–Crippen LogP) is 4.79. The second-order valence-electron chi connectivity index (χ2n) is 7.85. The van der Waals surface area contributed by atoms with Crippen LogP contribution in [-0.4, -0.2) is 12.6 Å². The molecule has 1 aromatic carbocycles. The third kappa shape index (κ3) is 3.16. The maximum atomic E-state index is 12.8. The summed E-state index contributed by atoms with van der Waals surface area (Å²) < 4.78 is 5.72. The Morgan fingerprint density at radius 1 is 1.04 bits per heavy atom. The van der Waals surface area contributed by atoms with E-state index in [4.69, 9.17) is 4.74 Å². The molecule has 4 rings (SSSR count). The largest absolute Gasteiger partial charge is 0.465 e. The van der Waals surface area contributed by atoms with E-state index >= 15 is 0 Å². The topological polar surface area (TPSA) is 26.3 Å². The van der Waals surface area contributed by atoms with Gasteiger partial charge in [0.2, 0.25) is 0 Å². The Hall–Kier alpha value is -1.57. The second-order valence-corrected chi connectivity index (χ2v) is 7.85. The maximum absolute atomic E-state index is 12.8. The van der Waals surface area contributed by atoms with E-state index in [0.717, 1.165) is 18.8 Å². The molecule has 2 saturated carbocycles. The Kier molecular flexibility index (Phi) is 4.73. The minimum atomic E-state index is 0.0804. The first-order chi connectivity index (χ1) is 11.8. The van der Waals surface area contributed by atoms with Gasteiger partial charge in [-0.05, 0) is 48.5 Å². The van der Waals surface area contributed by atoms with Crippen molar-refractivity contribution in [3.05, 3.63) is 48.0 Å². The molecule has 2 heteroatoms. The van der Waals surface area contributed by atoms with Gasteiger partial charge in [-0.25, -0.2) is 0 Å². The molecular formula is C22H28O2. The summed E-state index contributed by atoms with van der Waals surface area (Å²) in [6.07, 6.45) is 13.1. The Bertz CT molecular complexity index is 585. The number of hydrogen-bond donors (Lipinski definition) is 0. The molecule has 3 aliphatic rings. The van der Waals surface area contributed by atoms with Crippen LogP contribution < -0.4 is 0 Å². The lowest BCUT2D eigenvalue weighted by Crippen LogP contribution is -2.33. The van der Waals surface area contributed by atoms with Gasteiger partial charge in [0.05, 0.1) is 12.5 Å². The zero-order valence-electron chi connectivity index (χ0n) is 14.4. The fourth-order valence-electron chi connectivity index (χ4n) is 5.37. The van der Waals surface area contributed by atoms with Crippen LogP contribution in [0.1, 0.15) is 44.1 Å². The minimum Gasteiger partial charge on any atom is -0.465 e. The molecule has 2 nitrogen and oxygen atoms in total. The van der Waals surface area contributed by atoms with Gasteiger partial charge >= 0.3 is 5.97 Å². The summed E-state index contributed by atoms with van der Waals surface area (Å²) in [5.74, 6) is 2.62. The van der Waals surface area contributed by atoms with Crippen molar-refractivity contribution >= 4 is 5.97 Å². The van der Waals surface area contributed by atoms with Gasteiger partial charge in [0.15, 0.2) is 0 Å². The number of benzene rings is 1. The monoisotopic (exact) mass is 324 g/mol. The minimum absolute atomic E-state index is 0.0804. The lowest BCUT2D eigenvalue weighted by Gasteiger charge is -2.31. The molecule has 0 heterocycles. The normalized spacial score (nSPS) is 31.7. The SMILES string of the molecule is O=C(OCCCc1ccccc1)[C@H]1[C@H](C2CCCC2)[C@H]2C=C[C@@H]1C2. The van der Waals surface area contributed by atoms with Gasteiger partial charge in [-0.2, -0.15) is 0 Å². The highest BCUT2D eigenvalue weighted by atomic mass is 16.5. The Morgan fingerprint density at radius 3 is 2.58 bits per heavy atom. The van der Waals surface area contributed by atoms with Crippen molar-refractivity contribution in [1.29, 1.82) is 0 Å². The van der Waals surface area contributed by atoms with Crippen molar-refractivity contribution in [2.24, 2.45) is 29.6 Å². The third-order valence-corrected chi connectivity index (χ3v) is 6.43. The fourth-order valence-corrected chi connectivity index (χ4v) is 5.37. The molecule has 0 aliphatic heterocycles. The van der Waals surface area contributed by atoms with E-state index in [9.17, 15) is 4.79 Å². The first-order valence-electron chi connectivity index (χ1n) is 9.72. The number of aryl methyl sites for hydroxylation is 1. The summed E-state index contributed by atoms with van der Waals surface area (Å²) in [6, 6.07) is 10.4. The molecule has 1 aromatic rings. The number of fused-ring (bicyclic) bond motifs is 2. The number of carbonyl (C=O) groups excluding carboxylic acids is 1. The number of hydrogen-bond acceptors (Lipinski definition) is 2. The van der Waals surface area contributed by atoms with Gasteiger partial charge in [0.25, 0.3) is 0 Å². The van der Waals surface area contributed by atoms with Crippen LogP contribution in [0.4, 0.5) is 0 Å². The van der Waals surface area contributed by atoms with Gasteiger partial charge in [-0.3, -0.25) is 4.79 Å². The molecule has 128 valence electrons. The second kappa shape index (κ2) is 7.13. The highest BCUT2D eigenvalue weighted by Crippen LogP contribution is 2.54. The molecule has 3 aliphatic carbocycles. The van der Waals surface area contributed by atoms with E-state index in [0.29, 0.717) is 24.4 Å². The fraction of sp³-hybridized carbons (Fsp3) is 0.591. The lowest BCUT2D eigenvalue weighted by molar-refractivity contribution is -0.152. The zero-order chi connectivity index (χ0) is 16.4. The van der Waals surface area contributed by atoms with Crippen molar-refractivity contribution in [1.82, 2.24) is 0 Å². The van der Waals surface area contributed by atoms with Crippen molar-refractivity contribution in [3.63, 3.8) is 0 Å². The maximum Gasteiger partial charge on any atom is 0.309 e. The Balaban J connectivity index is 1.31. The molecule has 0 amide bonds. The molecule has 2 fully saturated rings. The molecular weight excluding hydrogens is 296 g/mol. The average Bonchev–Trinajstić information content (AvgIpc) is 3.35. The molecule has 0 saturated heterocycles. The molecule has 0 radical (unpaired) electrons. The van der Waals surface area contributed by atoms with E-state index in [1.165, 1.54) is 37.7 Å². The number of rotatable bonds is 6. The Labute approximate surface area is 145 Å². The number of ether oxygens (including phenoxy) is 1. The van der Waals surface area contributed by atoms with Crippen LogP contribution in [0.15, 0.2) is 42.5 Å². The smallest absolute Gasteiger partial charge is 0.309 e. The summed E-state index contributed by atoms with van der Waals surface area (Å²) >= 11 is 0. The number of allylic oxidation sites excluding steroid dienone is 2. The zero-order valence-corrected chi connectivity index (χ0v) is 14.4. The summed E-state index contributed by atoms with van der Waals surface area (Å²) in [6.45, 7) is 0.558. The van der Waals surface area contributed by atoms with Gasteiger partial charge in [0.1, 0.15) is 0 Å². The summed E-state index contributed by atoms with van der Waals surface area (Å²) in [5.41, 5.74) is 1.32. The number of esters is 1. The average molecular weight is 324 g/mol. The van der Waals surface area contributed by atoms with Crippen LogP contribution in [0, 0.1) is 29.6 Å². The first kappa shape index (κ1) is 15.9. The summed E-state index contributed by atoms with van der Waals surface area (Å²) in [5, 5.41) is 0. The third-order valence-electron chi connectivity index (χ3n) is 6.43. The molecule has 24 heavy (non-hydrogen) atoms. The van der Waals surface area contributed by atoms with E-state index in [1.807, 2.05) is 6.07 Å². The quantitative estimate of drug-likeness (QED) is 0.427. The van der Waals surface area contributed by atoms with Crippen molar-refractivity contribution < 1.29 is 9.53 Å². The van der Waals surface area contributed by atoms with Crippen molar-refractivity contribution in [2.75, 3.05) is 6.61 Å². The van der Waals surface area contributed by atoms with Gasteiger partial charge < -0.3 is 4.74 Å². The summed E-state index contributed by atoms with van der Waals surface area (Å²) in [7, 11) is 0. The van der Waals surface area contributed by atoms with Crippen LogP contribution in [0.2, 0.25) is 0 Å². The lowest BCUT2D eigenvalue weighted by atomic mass is 9.74. The van der Waals surface area contributed by atoms with E-state index in [-0.39, 0.29) is 11.9 Å². The predicted molar refractivity (Wildman–Crippen MR) is 95.4 cm³/mol. The van der Waals surface area contributed by atoms with E-state index in [1.54, 1.807) is 0 Å². The summed E-state index contributed by atoms with van der Waals surface area (Å²) in [4.78, 5) is 12.8. The van der Waals surface area contributed by atoms with Crippen molar-refractivity contribution in [2.45, 2.75) is 44.9 Å². The highest BCUT2D eigenvalue weighted by molar-refractivity contribution is 5.74.